The third-order valence-electron chi connectivity index (χ3n) is 6.17. The van der Waals surface area contributed by atoms with E-state index in [1.165, 1.54) is 36.7 Å². The molecule has 0 saturated carbocycles. The fourth-order valence-electron chi connectivity index (χ4n) is 4.11. The summed E-state index contributed by atoms with van der Waals surface area (Å²) in [6, 6.07) is 12.9. The van der Waals surface area contributed by atoms with Crippen molar-refractivity contribution in [2.24, 2.45) is 0 Å². The fraction of sp³-hybridized carbons (Fsp3) is 0.312. The molecule has 1 amide bonds. The van der Waals surface area contributed by atoms with Crippen molar-refractivity contribution in [3.8, 4) is 23.3 Å². The molecule has 0 unspecified atom stereocenters. The van der Waals surface area contributed by atoms with Gasteiger partial charge in [0.1, 0.15) is 17.7 Å². The molecule has 0 spiro atoms. The van der Waals surface area contributed by atoms with E-state index >= 15 is 0 Å². The number of hydrogen-bond acceptors (Lipinski definition) is 11. The second kappa shape index (κ2) is 14.2. The van der Waals surface area contributed by atoms with E-state index in [0.29, 0.717) is 22.4 Å². The zero-order valence-corrected chi connectivity index (χ0v) is 27.2. The number of carbonyl (C=O) groups is 2. The Morgan fingerprint density at radius 1 is 1.07 bits per heavy atom. The van der Waals surface area contributed by atoms with Gasteiger partial charge in [0.25, 0.3) is 10.0 Å². The average molecular weight is 650 g/mol. The highest BCUT2D eigenvalue weighted by molar-refractivity contribution is 7.90. The number of nitrogens with zero attached hydrogens (tertiary/aromatic N) is 4. The number of esters is 1. The van der Waals surface area contributed by atoms with Gasteiger partial charge in [0, 0.05) is 25.0 Å². The Bertz CT molecular complexity index is 1890. The van der Waals surface area contributed by atoms with Crippen molar-refractivity contribution in [1.29, 1.82) is 0 Å². The summed E-state index contributed by atoms with van der Waals surface area (Å²) in [6.45, 7) is 6.87. The predicted octanol–water partition coefficient (Wildman–Crippen LogP) is 4.58. The van der Waals surface area contributed by atoms with Crippen LogP contribution in [0.3, 0.4) is 0 Å². The van der Waals surface area contributed by atoms with Crippen molar-refractivity contribution in [1.82, 2.24) is 18.8 Å². The van der Waals surface area contributed by atoms with Crippen molar-refractivity contribution in [3.63, 3.8) is 0 Å². The Kier molecular flexibility index (Phi) is 10.4. The minimum absolute atomic E-state index is 0.00309. The summed E-state index contributed by atoms with van der Waals surface area (Å²) >= 11 is 0. The van der Waals surface area contributed by atoms with Gasteiger partial charge in [-0.1, -0.05) is 30.0 Å². The molecule has 4 rings (SSSR count). The van der Waals surface area contributed by atoms with E-state index in [-0.39, 0.29) is 41.9 Å². The van der Waals surface area contributed by atoms with E-state index < -0.39 is 27.7 Å². The topological polar surface area (TPSA) is 151 Å². The Labute approximate surface area is 267 Å². The summed E-state index contributed by atoms with van der Waals surface area (Å²) in [4.78, 5) is 34.4. The third-order valence-corrected chi connectivity index (χ3v) is 7.84. The second-order valence-corrected chi connectivity index (χ2v) is 12.6. The van der Waals surface area contributed by atoms with Crippen LogP contribution in [0.4, 0.5) is 16.3 Å². The van der Waals surface area contributed by atoms with Gasteiger partial charge in [0.15, 0.2) is 23.8 Å². The van der Waals surface area contributed by atoms with Gasteiger partial charge in [-0.3, -0.25) is 0 Å². The smallest absolute Gasteiger partial charge is 0.410 e. The van der Waals surface area contributed by atoms with Crippen LogP contribution in [0.25, 0.3) is 11.0 Å². The Morgan fingerprint density at radius 2 is 1.80 bits per heavy atom. The van der Waals surface area contributed by atoms with Crippen molar-refractivity contribution in [2.75, 3.05) is 39.2 Å². The van der Waals surface area contributed by atoms with Crippen LogP contribution in [0.1, 0.15) is 33.3 Å². The number of benzene rings is 2. The molecule has 2 aromatic carbocycles. The molecule has 1 N–H and O–H groups in total. The first-order valence-electron chi connectivity index (χ1n) is 14.2. The Hall–Kier alpha value is -5.29. The maximum atomic E-state index is 13.7. The lowest BCUT2D eigenvalue weighted by molar-refractivity contribution is -0.145. The number of ether oxygens (including phenoxy) is 4. The molecular formula is C32H35N5O8S. The number of aromatic nitrogens is 3. The molecule has 0 bridgehead atoms. The standard InChI is InChI=1S/C32H35N5O8S/c1-7-43-27(38)20-44-26-18-23(15-16-25(26)42-6)35-29-28-22(12-11-17-36(5)31(39)45-32(2,3)4)19-37(30(28)34-21-33-29)46(40,41)24-13-9-8-10-14-24/h8-10,13-16,18-19,21H,7,17,20H2,1-6H3,(H,33,34,35). The van der Waals surface area contributed by atoms with Crippen LogP contribution in [0.2, 0.25) is 0 Å². The molecule has 2 aromatic heterocycles. The quantitative estimate of drug-likeness (QED) is 0.190. The van der Waals surface area contributed by atoms with Crippen molar-refractivity contribution >= 4 is 44.6 Å². The third kappa shape index (κ3) is 8.05. The van der Waals surface area contributed by atoms with Crippen LogP contribution < -0.4 is 14.8 Å². The van der Waals surface area contributed by atoms with Crippen LogP contribution in [0, 0.1) is 11.8 Å². The monoisotopic (exact) mass is 649 g/mol. The highest BCUT2D eigenvalue weighted by atomic mass is 32.2. The summed E-state index contributed by atoms with van der Waals surface area (Å²) in [5.74, 6) is 6.25. The molecule has 14 heteroatoms. The van der Waals surface area contributed by atoms with Gasteiger partial charge in [-0.05, 0) is 52.0 Å². The van der Waals surface area contributed by atoms with Crippen LogP contribution in [0.15, 0.2) is 66.0 Å². The first kappa shape index (κ1) is 33.6. The summed E-state index contributed by atoms with van der Waals surface area (Å²) in [6.07, 6.45) is 2.05. The van der Waals surface area contributed by atoms with E-state index in [9.17, 15) is 18.0 Å². The molecule has 13 nitrogen and oxygen atoms in total. The maximum Gasteiger partial charge on any atom is 0.410 e. The van der Waals surface area contributed by atoms with E-state index in [0.717, 1.165) is 3.97 Å². The van der Waals surface area contributed by atoms with E-state index in [2.05, 4.69) is 27.1 Å². The number of methoxy groups -OCH3 is 1. The lowest BCUT2D eigenvalue weighted by atomic mass is 10.2. The Balaban J connectivity index is 1.77. The molecule has 2 heterocycles. The molecule has 46 heavy (non-hydrogen) atoms. The van der Waals surface area contributed by atoms with Gasteiger partial charge in [0.2, 0.25) is 0 Å². The number of hydrogen-bond donors (Lipinski definition) is 1. The zero-order chi connectivity index (χ0) is 33.5. The van der Waals surface area contributed by atoms with Crippen molar-refractivity contribution in [3.05, 3.63) is 66.6 Å². The van der Waals surface area contributed by atoms with Gasteiger partial charge in [-0.25, -0.2) is 31.9 Å². The lowest BCUT2D eigenvalue weighted by Crippen LogP contribution is -2.34. The first-order valence-corrected chi connectivity index (χ1v) is 15.6. The van der Waals surface area contributed by atoms with Crippen molar-refractivity contribution < 1.29 is 37.0 Å². The van der Waals surface area contributed by atoms with E-state index in [4.69, 9.17) is 18.9 Å². The van der Waals surface area contributed by atoms with Gasteiger partial charge < -0.3 is 29.2 Å². The number of nitrogens with one attached hydrogen (secondary N) is 1. The number of fused-ring (bicyclic) bond motifs is 1. The number of rotatable bonds is 10. The zero-order valence-electron chi connectivity index (χ0n) is 26.4. The number of amides is 1. The second-order valence-electron chi connectivity index (χ2n) is 10.8. The van der Waals surface area contributed by atoms with Gasteiger partial charge in [-0.2, -0.15) is 0 Å². The fourth-order valence-corrected chi connectivity index (χ4v) is 5.45. The van der Waals surface area contributed by atoms with Crippen LogP contribution in [-0.2, 0) is 24.3 Å². The van der Waals surface area contributed by atoms with Crippen LogP contribution in [-0.4, -0.2) is 78.8 Å². The minimum Gasteiger partial charge on any atom is -0.493 e. The largest absolute Gasteiger partial charge is 0.493 e. The summed E-state index contributed by atoms with van der Waals surface area (Å²) in [5, 5.41) is 3.49. The van der Waals surface area contributed by atoms with E-state index in [1.54, 1.807) is 71.1 Å². The molecule has 0 saturated heterocycles. The molecule has 0 fully saturated rings. The first-order chi connectivity index (χ1) is 21.8. The van der Waals surface area contributed by atoms with E-state index in [1.807, 2.05) is 0 Å². The van der Waals surface area contributed by atoms with Crippen LogP contribution in [0.5, 0.6) is 11.5 Å². The van der Waals surface area contributed by atoms with Gasteiger partial charge in [0.05, 0.1) is 36.1 Å². The molecule has 0 aliphatic heterocycles. The molecular weight excluding hydrogens is 614 g/mol. The summed E-state index contributed by atoms with van der Waals surface area (Å²) < 4.78 is 49.8. The maximum absolute atomic E-state index is 13.7. The normalized spacial score (nSPS) is 11.3. The number of anilines is 2. The number of carbonyl (C=O) groups excluding carboxylic acids is 2. The summed E-state index contributed by atoms with van der Waals surface area (Å²) in [7, 11) is -1.06. The minimum atomic E-state index is -4.08. The van der Waals surface area contributed by atoms with Gasteiger partial charge in [-0.15, -0.1) is 0 Å². The predicted molar refractivity (Wildman–Crippen MR) is 171 cm³/mol. The molecule has 0 radical (unpaired) electrons. The lowest BCUT2D eigenvalue weighted by Gasteiger charge is -2.23. The molecule has 242 valence electrons. The molecule has 0 atom stereocenters. The van der Waals surface area contributed by atoms with Crippen LogP contribution >= 0.6 is 0 Å². The highest BCUT2D eigenvalue weighted by Gasteiger charge is 2.24. The SMILES string of the molecule is CCOC(=O)COc1cc(Nc2ncnc3c2c(C#CCN(C)C(=O)OC(C)(C)C)cn3S(=O)(=O)c2ccccc2)ccc1OC. The molecule has 0 aliphatic rings. The Morgan fingerprint density at radius 3 is 2.48 bits per heavy atom. The van der Waals surface area contributed by atoms with Crippen molar-refractivity contribution in [2.45, 2.75) is 38.2 Å². The summed E-state index contributed by atoms with van der Waals surface area (Å²) in [5.41, 5.74) is 0.184. The molecule has 4 aromatic rings. The van der Waals surface area contributed by atoms with Gasteiger partial charge >= 0.3 is 12.1 Å². The average Bonchev–Trinajstić information content (AvgIpc) is 3.40. The highest BCUT2D eigenvalue weighted by Crippen LogP contribution is 2.34. The molecule has 0 aliphatic carbocycles.